The van der Waals surface area contributed by atoms with Crippen molar-refractivity contribution in [1.82, 2.24) is 20.3 Å². The van der Waals surface area contributed by atoms with Crippen LogP contribution in [0.2, 0.25) is 0 Å². The van der Waals surface area contributed by atoms with Gasteiger partial charge in [-0.3, -0.25) is 20.4 Å². The predicted octanol–water partition coefficient (Wildman–Crippen LogP) is 20.5. The van der Waals surface area contributed by atoms with Crippen molar-refractivity contribution in [3.05, 3.63) is 171 Å². The van der Waals surface area contributed by atoms with Crippen molar-refractivity contribution in [2.75, 3.05) is 0 Å². The largest absolute Gasteiger partial charge is 0.429 e. The number of benzene rings is 3. The Labute approximate surface area is 496 Å². The highest BCUT2D eigenvalue weighted by Gasteiger charge is 2.20. The van der Waals surface area contributed by atoms with Gasteiger partial charge in [0.25, 0.3) is 0 Å². The lowest BCUT2D eigenvalue weighted by atomic mass is 9.80. The Morgan fingerprint density at radius 3 is 1.34 bits per heavy atom. The van der Waals surface area contributed by atoms with Crippen LogP contribution in [0.25, 0.3) is 0 Å². The fraction of sp³-hybridized carbons (Fsp3) is 0.611. The second-order valence-corrected chi connectivity index (χ2v) is 24.1. The SMILES string of the molecule is CC.CC.CC.CC.CC.CC(C)(C)C.CC(C)(C)NNCc1ccccc1.CCc1c(C)c(=O)c(C)c(C)n1O.Cc1cc(C(C)(C)C)c(C)c(C)c1C.Cc1cc(C)c(C(C)C)cc1C.Cc1cn(O)c(C(C)(C)C)cc1=O. The summed E-state index contributed by atoms with van der Waals surface area (Å²) in [6.45, 7) is 77.4. The first-order valence-corrected chi connectivity index (χ1v) is 30.2. The zero-order valence-corrected chi connectivity index (χ0v) is 59.4. The monoisotopic (exact) mass is 1120 g/mol. The molecule has 0 aliphatic heterocycles. The molecular weight excluding hydrogens is 985 g/mol. The average Bonchev–Trinajstić information content (AvgIpc) is 3.38. The molecule has 0 amide bonds. The molecule has 0 saturated carbocycles. The third-order valence-corrected chi connectivity index (χ3v) is 11.9. The Bertz CT molecular complexity index is 2530. The Hall–Kier alpha value is -4.92. The van der Waals surface area contributed by atoms with Crippen LogP contribution in [0.15, 0.2) is 70.4 Å². The summed E-state index contributed by atoms with van der Waals surface area (Å²) in [5.74, 6) is 0.643. The number of aromatic nitrogens is 2. The van der Waals surface area contributed by atoms with Crippen LogP contribution in [-0.4, -0.2) is 25.4 Å². The zero-order chi connectivity index (χ0) is 65.0. The number of hydrogen-bond donors (Lipinski definition) is 4. The van der Waals surface area contributed by atoms with Crippen LogP contribution >= 0.6 is 0 Å². The fourth-order valence-electron chi connectivity index (χ4n) is 7.30. The number of aryl methyl sites for hydroxylation is 5. The molecular formula is C72H130N4O4. The lowest BCUT2D eigenvalue weighted by Gasteiger charge is -2.25. The molecule has 462 valence electrons. The van der Waals surface area contributed by atoms with Gasteiger partial charge < -0.3 is 10.4 Å². The minimum atomic E-state index is -0.221. The lowest BCUT2D eigenvalue weighted by Crippen LogP contribution is -2.45. The number of nitrogens with one attached hydrogen (secondary N) is 2. The summed E-state index contributed by atoms with van der Waals surface area (Å²) in [5.41, 5.74) is 25.1. The maximum atomic E-state index is 11.6. The number of hydrogen-bond acceptors (Lipinski definition) is 6. The van der Waals surface area contributed by atoms with Crippen LogP contribution in [0.5, 0.6) is 0 Å². The third kappa shape index (κ3) is 35.1. The first-order valence-electron chi connectivity index (χ1n) is 30.2. The van der Waals surface area contributed by atoms with E-state index in [0.29, 0.717) is 51.5 Å². The average molecular weight is 1120 g/mol. The molecule has 0 spiro atoms. The molecule has 0 atom stereocenters. The van der Waals surface area contributed by atoms with Crippen molar-refractivity contribution in [3.63, 3.8) is 0 Å². The standard InChI is InChI=1S/C14H22.C12H18.C11H18N2.2C10H15NO2.C5H12.5C2H6/c1-9-8-13(14(5,6)7)12(4)11(3)10(9)2;1-8(2)12-7-10(4)9(3)6-11(12)5;1-11(2,3)13-12-9-10-7-5-4-6-8-10;1-7-6-11(13)9(5-8(7)12)10(2,3)4;1-5-9-7(3)10(12)6(2)8(4)11(9)13;1-5(2,3)4;5*1-2/h8H,1-7H3;6-8H,1-5H3;4-8,12-13H,9H2,1-3H3;5-6,13H,1-4H3;13H,5H2,1-4H3;1-4H3;5*1-2H3. The lowest BCUT2D eigenvalue weighted by molar-refractivity contribution is 0.163. The minimum absolute atomic E-state index is 0.0322. The highest BCUT2D eigenvalue weighted by molar-refractivity contribution is 5.46. The van der Waals surface area contributed by atoms with E-state index in [9.17, 15) is 20.0 Å². The van der Waals surface area contributed by atoms with Crippen LogP contribution in [0, 0.1) is 81.6 Å². The molecule has 0 radical (unpaired) electrons. The number of nitrogens with zero attached hydrogens (tertiary/aromatic N) is 2. The molecule has 0 aliphatic carbocycles. The van der Waals surface area contributed by atoms with Gasteiger partial charge in [0.2, 0.25) is 0 Å². The number of pyridine rings is 2. The summed E-state index contributed by atoms with van der Waals surface area (Å²) in [6, 6.07) is 18.8. The van der Waals surface area contributed by atoms with Crippen molar-refractivity contribution in [1.29, 1.82) is 0 Å². The molecule has 0 saturated heterocycles. The van der Waals surface area contributed by atoms with Gasteiger partial charge in [0, 0.05) is 40.3 Å². The smallest absolute Gasteiger partial charge is 0.188 e. The molecule has 5 rings (SSSR count). The van der Waals surface area contributed by atoms with Crippen LogP contribution in [0.3, 0.4) is 0 Å². The molecule has 0 fully saturated rings. The van der Waals surface area contributed by atoms with Gasteiger partial charge in [0.05, 0.1) is 23.3 Å². The van der Waals surface area contributed by atoms with Crippen LogP contribution < -0.4 is 21.7 Å². The summed E-state index contributed by atoms with van der Waals surface area (Å²) >= 11 is 0. The van der Waals surface area contributed by atoms with E-state index >= 15 is 0 Å². The first kappa shape index (κ1) is 86.3. The Kier molecular flexibility index (Phi) is 46.3. The summed E-state index contributed by atoms with van der Waals surface area (Å²) < 4.78 is 2.14. The Morgan fingerprint density at radius 1 is 0.512 bits per heavy atom. The van der Waals surface area contributed by atoms with E-state index in [-0.39, 0.29) is 27.2 Å². The van der Waals surface area contributed by atoms with Crippen LogP contribution in [0.4, 0.5) is 0 Å². The molecule has 3 aromatic carbocycles. The van der Waals surface area contributed by atoms with E-state index < -0.39 is 0 Å². The van der Waals surface area contributed by atoms with Gasteiger partial charge in [-0.15, -0.1) is 0 Å². The molecule has 5 aromatic rings. The van der Waals surface area contributed by atoms with Crippen LogP contribution in [0.1, 0.15) is 275 Å². The maximum Gasteiger partial charge on any atom is 0.188 e. The van der Waals surface area contributed by atoms with Gasteiger partial charge in [-0.25, -0.2) is 0 Å². The fourth-order valence-corrected chi connectivity index (χ4v) is 7.30. The molecule has 0 bridgehead atoms. The van der Waals surface area contributed by atoms with E-state index in [1.165, 1.54) is 67.9 Å². The van der Waals surface area contributed by atoms with E-state index in [0.717, 1.165) is 16.0 Å². The van der Waals surface area contributed by atoms with Gasteiger partial charge in [0.15, 0.2) is 10.9 Å². The summed E-state index contributed by atoms with van der Waals surface area (Å²) in [4.78, 5) is 22.9. The Balaban J connectivity index is -0.000000201. The second-order valence-electron chi connectivity index (χ2n) is 24.1. The number of hydrazine groups is 1. The van der Waals surface area contributed by atoms with Crippen LogP contribution in [-0.2, 0) is 23.8 Å². The van der Waals surface area contributed by atoms with E-state index in [2.05, 4.69) is 173 Å². The summed E-state index contributed by atoms with van der Waals surface area (Å²) in [5, 5.41) is 19.2. The van der Waals surface area contributed by atoms with Gasteiger partial charge in [0.1, 0.15) is 0 Å². The minimum Gasteiger partial charge on any atom is -0.429 e. The molecule has 2 heterocycles. The molecule has 8 heteroatoms. The van der Waals surface area contributed by atoms with Crippen molar-refractivity contribution >= 4 is 0 Å². The molecule has 0 aliphatic rings. The van der Waals surface area contributed by atoms with E-state index in [4.69, 9.17) is 0 Å². The Morgan fingerprint density at radius 2 is 0.950 bits per heavy atom. The van der Waals surface area contributed by atoms with E-state index in [1.807, 2.05) is 115 Å². The molecule has 8 nitrogen and oxygen atoms in total. The quantitative estimate of drug-likeness (QED) is 0.103. The maximum absolute atomic E-state index is 11.6. The van der Waals surface area contributed by atoms with Gasteiger partial charge in [-0.1, -0.05) is 208 Å². The highest BCUT2D eigenvalue weighted by Crippen LogP contribution is 2.31. The molecule has 0 unspecified atom stereocenters. The normalized spacial score (nSPS) is 10.3. The first-order chi connectivity index (χ1) is 36.7. The highest BCUT2D eigenvalue weighted by atomic mass is 16.5. The van der Waals surface area contributed by atoms with Crippen molar-refractivity contribution < 1.29 is 10.4 Å². The van der Waals surface area contributed by atoms with Crippen molar-refractivity contribution in [2.45, 2.75) is 291 Å². The van der Waals surface area contributed by atoms with Crippen molar-refractivity contribution in [2.24, 2.45) is 5.41 Å². The topological polar surface area (TPSA) is 109 Å². The predicted molar refractivity (Wildman–Crippen MR) is 360 cm³/mol. The van der Waals surface area contributed by atoms with Gasteiger partial charge in [-0.05, 0) is 176 Å². The molecule has 80 heavy (non-hydrogen) atoms. The van der Waals surface area contributed by atoms with Gasteiger partial charge >= 0.3 is 0 Å². The number of rotatable bonds is 5. The summed E-state index contributed by atoms with van der Waals surface area (Å²) in [7, 11) is 0. The van der Waals surface area contributed by atoms with E-state index in [1.54, 1.807) is 27.7 Å². The molecule has 2 aromatic heterocycles. The second kappa shape index (κ2) is 42.9. The van der Waals surface area contributed by atoms with Crippen molar-refractivity contribution in [3.8, 4) is 0 Å². The van der Waals surface area contributed by atoms with Gasteiger partial charge in [-0.2, -0.15) is 9.46 Å². The zero-order valence-electron chi connectivity index (χ0n) is 59.4. The summed E-state index contributed by atoms with van der Waals surface area (Å²) in [6.07, 6.45) is 2.11. The third-order valence-electron chi connectivity index (χ3n) is 11.9. The molecule has 4 N–H and O–H groups in total.